The van der Waals surface area contributed by atoms with Gasteiger partial charge in [0.05, 0.1) is 6.04 Å². The largest absolute Gasteiger partial charge is 0.456 e. The summed E-state index contributed by atoms with van der Waals surface area (Å²) in [5.41, 5.74) is 7.18. The lowest BCUT2D eigenvalue weighted by molar-refractivity contribution is 0.502. The summed E-state index contributed by atoms with van der Waals surface area (Å²) in [5.74, 6) is 0.129. The van der Waals surface area contributed by atoms with Crippen LogP contribution in [0.1, 0.15) is 17.4 Å². The molecular formula is C15H11ClFNO. The molecule has 2 N–H and O–H groups in total. The van der Waals surface area contributed by atoms with Gasteiger partial charge in [-0.15, -0.1) is 0 Å². The molecule has 2 aromatic carbocycles. The highest BCUT2D eigenvalue weighted by atomic mass is 35.5. The van der Waals surface area contributed by atoms with Gasteiger partial charge in [0, 0.05) is 10.4 Å². The first-order valence-electron chi connectivity index (χ1n) is 5.84. The van der Waals surface area contributed by atoms with Crippen LogP contribution in [0.5, 0.6) is 0 Å². The van der Waals surface area contributed by atoms with Crippen LogP contribution >= 0.6 is 11.6 Å². The second kappa shape index (κ2) is 4.68. The molecule has 1 atom stereocenters. The fraction of sp³-hybridized carbons (Fsp3) is 0.0667. The second-order valence-corrected chi connectivity index (χ2v) is 4.78. The molecule has 0 amide bonds. The van der Waals surface area contributed by atoms with Gasteiger partial charge in [0.1, 0.15) is 5.76 Å². The number of benzene rings is 2. The van der Waals surface area contributed by atoms with E-state index in [0.717, 1.165) is 5.56 Å². The molecule has 2 nitrogen and oxygen atoms in total. The van der Waals surface area contributed by atoms with E-state index in [4.69, 9.17) is 21.8 Å². The van der Waals surface area contributed by atoms with Crippen LogP contribution in [0.4, 0.5) is 4.39 Å². The summed E-state index contributed by atoms with van der Waals surface area (Å²) in [6.45, 7) is 0. The Kier molecular flexibility index (Phi) is 3.01. The van der Waals surface area contributed by atoms with E-state index in [-0.39, 0.29) is 11.4 Å². The first kappa shape index (κ1) is 12.2. The Morgan fingerprint density at radius 2 is 1.89 bits per heavy atom. The van der Waals surface area contributed by atoms with Gasteiger partial charge in [0.2, 0.25) is 0 Å². The minimum atomic E-state index is -0.467. The fourth-order valence-corrected chi connectivity index (χ4v) is 2.26. The lowest BCUT2D eigenvalue weighted by atomic mass is 10.1. The smallest absolute Gasteiger partial charge is 0.169 e. The van der Waals surface area contributed by atoms with Crippen molar-refractivity contribution in [2.45, 2.75) is 6.04 Å². The van der Waals surface area contributed by atoms with Crippen molar-refractivity contribution in [3.8, 4) is 0 Å². The van der Waals surface area contributed by atoms with Gasteiger partial charge >= 0.3 is 0 Å². The topological polar surface area (TPSA) is 39.2 Å². The number of rotatable bonds is 2. The Morgan fingerprint density at radius 1 is 1.11 bits per heavy atom. The molecule has 0 saturated heterocycles. The van der Waals surface area contributed by atoms with E-state index in [2.05, 4.69) is 0 Å². The summed E-state index contributed by atoms with van der Waals surface area (Å²) in [5, 5.41) is 1.31. The maximum Gasteiger partial charge on any atom is 0.169 e. The lowest BCUT2D eigenvalue weighted by Crippen LogP contribution is -2.10. The standard InChI is InChI=1S/C15H11ClFNO/c16-11-5-1-3-9(7-11)14(18)13-8-10-4-2-6-12(17)15(10)19-13/h1-8,14H,18H2. The zero-order chi connectivity index (χ0) is 13.4. The Hall–Kier alpha value is -1.84. The van der Waals surface area contributed by atoms with E-state index < -0.39 is 6.04 Å². The van der Waals surface area contributed by atoms with E-state index in [1.165, 1.54) is 6.07 Å². The van der Waals surface area contributed by atoms with Gasteiger partial charge in [-0.05, 0) is 29.8 Å². The molecule has 4 heteroatoms. The van der Waals surface area contributed by atoms with Crippen molar-refractivity contribution in [2.75, 3.05) is 0 Å². The van der Waals surface area contributed by atoms with Gasteiger partial charge in [-0.1, -0.05) is 35.9 Å². The second-order valence-electron chi connectivity index (χ2n) is 4.34. The third-order valence-corrected chi connectivity index (χ3v) is 3.26. The Morgan fingerprint density at radius 3 is 2.63 bits per heavy atom. The number of fused-ring (bicyclic) bond motifs is 1. The number of hydrogen-bond donors (Lipinski definition) is 1. The van der Waals surface area contributed by atoms with Crippen LogP contribution in [0.3, 0.4) is 0 Å². The molecule has 0 aliphatic carbocycles. The van der Waals surface area contributed by atoms with Crippen molar-refractivity contribution in [1.29, 1.82) is 0 Å². The van der Waals surface area contributed by atoms with E-state index in [1.54, 1.807) is 30.3 Å². The molecule has 96 valence electrons. The minimum Gasteiger partial charge on any atom is -0.456 e. The summed E-state index contributed by atoms with van der Waals surface area (Å²) < 4.78 is 19.1. The Balaban J connectivity index is 2.06. The van der Waals surface area contributed by atoms with Crippen LogP contribution in [-0.2, 0) is 0 Å². The lowest BCUT2D eigenvalue weighted by Gasteiger charge is -2.08. The van der Waals surface area contributed by atoms with Crippen molar-refractivity contribution in [2.24, 2.45) is 5.73 Å². The average molecular weight is 276 g/mol. The molecule has 0 saturated carbocycles. The first-order chi connectivity index (χ1) is 9.15. The Bertz CT molecular complexity index is 738. The predicted octanol–water partition coefficient (Wildman–Crippen LogP) is 4.27. The van der Waals surface area contributed by atoms with E-state index in [1.807, 2.05) is 12.1 Å². The van der Waals surface area contributed by atoms with Crippen molar-refractivity contribution in [3.05, 3.63) is 70.7 Å². The molecule has 0 aliphatic rings. The van der Waals surface area contributed by atoms with Crippen molar-refractivity contribution in [3.63, 3.8) is 0 Å². The quantitative estimate of drug-likeness (QED) is 0.758. The molecule has 19 heavy (non-hydrogen) atoms. The van der Waals surface area contributed by atoms with Crippen molar-refractivity contribution >= 4 is 22.6 Å². The number of hydrogen-bond acceptors (Lipinski definition) is 2. The maximum atomic E-state index is 13.6. The predicted molar refractivity (Wildman–Crippen MR) is 73.7 cm³/mol. The highest BCUT2D eigenvalue weighted by Crippen LogP contribution is 2.29. The number of furan rings is 1. The normalized spacial score (nSPS) is 12.8. The van der Waals surface area contributed by atoms with Crippen LogP contribution in [0, 0.1) is 5.82 Å². The molecule has 3 aromatic rings. The van der Waals surface area contributed by atoms with Crippen molar-refractivity contribution in [1.82, 2.24) is 0 Å². The minimum absolute atomic E-state index is 0.231. The van der Waals surface area contributed by atoms with Crippen LogP contribution < -0.4 is 5.73 Å². The fourth-order valence-electron chi connectivity index (χ4n) is 2.07. The molecule has 1 heterocycles. The zero-order valence-corrected chi connectivity index (χ0v) is 10.7. The molecule has 3 rings (SSSR count). The highest BCUT2D eigenvalue weighted by Gasteiger charge is 2.16. The third-order valence-electron chi connectivity index (χ3n) is 3.03. The molecule has 1 aromatic heterocycles. The number of halogens is 2. The van der Waals surface area contributed by atoms with E-state index >= 15 is 0 Å². The monoisotopic (exact) mass is 275 g/mol. The van der Waals surface area contributed by atoms with Gasteiger partial charge in [-0.2, -0.15) is 0 Å². The molecule has 0 aliphatic heterocycles. The van der Waals surface area contributed by atoms with Crippen LogP contribution in [0.2, 0.25) is 5.02 Å². The highest BCUT2D eigenvalue weighted by molar-refractivity contribution is 6.30. The van der Waals surface area contributed by atoms with Gasteiger partial charge < -0.3 is 10.2 Å². The van der Waals surface area contributed by atoms with Gasteiger partial charge in [-0.25, -0.2) is 4.39 Å². The summed E-state index contributed by atoms with van der Waals surface area (Å²) in [4.78, 5) is 0. The Labute approximate surface area is 114 Å². The van der Waals surface area contributed by atoms with Gasteiger partial charge in [0.25, 0.3) is 0 Å². The molecule has 1 unspecified atom stereocenters. The van der Waals surface area contributed by atoms with E-state index in [9.17, 15) is 4.39 Å². The van der Waals surface area contributed by atoms with Gasteiger partial charge in [-0.3, -0.25) is 0 Å². The van der Waals surface area contributed by atoms with Crippen LogP contribution in [-0.4, -0.2) is 0 Å². The zero-order valence-electron chi connectivity index (χ0n) is 9.94. The molecule has 0 radical (unpaired) electrons. The maximum absolute atomic E-state index is 13.6. The van der Waals surface area contributed by atoms with Crippen molar-refractivity contribution < 1.29 is 8.81 Å². The number of nitrogens with two attached hydrogens (primary N) is 1. The summed E-state index contributed by atoms with van der Waals surface area (Å²) in [6.07, 6.45) is 0. The SMILES string of the molecule is NC(c1cccc(Cl)c1)c1cc2cccc(F)c2o1. The molecular weight excluding hydrogens is 265 g/mol. The van der Waals surface area contributed by atoms with Gasteiger partial charge in [0.15, 0.2) is 11.4 Å². The first-order valence-corrected chi connectivity index (χ1v) is 6.22. The molecule has 0 bridgehead atoms. The van der Waals surface area contributed by atoms with E-state index in [0.29, 0.717) is 16.2 Å². The summed E-state index contributed by atoms with van der Waals surface area (Å²) >= 11 is 5.93. The summed E-state index contributed by atoms with van der Waals surface area (Å²) in [6, 6.07) is 13.3. The average Bonchev–Trinajstić information content (AvgIpc) is 2.83. The number of para-hydroxylation sites is 1. The van der Waals surface area contributed by atoms with Crippen LogP contribution in [0.15, 0.2) is 52.9 Å². The molecule has 0 fully saturated rings. The molecule has 0 spiro atoms. The third kappa shape index (κ3) is 2.23. The van der Waals surface area contributed by atoms with Crippen LogP contribution in [0.25, 0.3) is 11.0 Å². The summed E-state index contributed by atoms with van der Waals surface area (Å²) in [7, 11) is 0.